The summed E-state index contributed by atoms with van der Waals surface area (Å²) in [6.45, 7) is 4.06. The van der Waals surface area contributed by atoms with Crippen LogP contribution in [0.4, 0.5) is 5.69 Å². The molecule has 0 bridgehead atoms. The van der Waals surface area contributed by atoms with Crippen molar-refractivity contribution in [3.63, 3.8) is 0 Å². The van der Waals surface area contributed by atoms with Crippen LogP contribution >= 0.6 is 12.2 Å². The van der Waals surface area contributed by atoms with Gasteiger partial charge in [-0.2, -0.15) is 0 Å². The zero-order valence-electron chi connectivity index (χ0n) is 13.8. The Hall–Kier alpha value is -2.66. The van der Waals surface area contributed by atoms with Gasteiger partial charge >= 0.3 is 0 Å². The topological polar surface area (TPSA) is 41.6 Å². The molecular weight excluding hydrogens is 320 g/mol. The van der Waals surface area contributed by atoms with Crippen molar-refractivity contribution in [2.75, 3.05) is 12.0 Å². The van der Waals surface area contributed by atoms with Gasteiger partial charge in [0.1, 0.15) is 11.4 Å². The number of anilines is 1. The molecule has 0 spiro atoms. The molecule has 0 unspecified atom stereocenters. The molecule has 0 atom stereocenters. The third kappa shape index (κ3) is 3.03. The summed E-state index contributed by atoms with van der Waals surface area (Å²) in [5, 5.41) is 3.39. The zero-order chi connectivity index (χ0) is 17.3. The Kier molecular flexibility index (Phi) is 4.36. The number of thiocarbonyl (C=S) groups is 1. The second kappa shape index (κ2) is 6.45. The van der Waals surface area contributed by atoms with Gasteiger partial charge < -0.3 is 10.1 Å². The van der Waals surface area contributed by atoms with Crippen LogP contribution in [0.3, 0.4) is 0 Å². The molecule has 24 heavy (non-hydrogen) atoms. The molecule has 3 rings (SSSR count). The van der Waals surface area contributed by atoms with Gasteiger partial charge in [-0.1, -0.05) is 18.2 Å². The van der Waals surface area contributed by atoms with Crippen LogP contribution in [0.5, 0.6) is 5.75 Å². The van der Waals surface area contributed by atoms with Gasteiger partial charge in [-0.25, -0.2) is 0 Å². The van der Waals surface area contributed by atoms with Crippen molar-refractivity contribution in [2.45, 2.75) is 13.8 Å². The predicted molar refractivity (Wildman–Crippen MR) is 100 cm³/mol. The van der Waals surface area contributed by atoms with E-state index in [-0.39, 0.29) is 5.91 Å². The minimum Gasteiger partial charge on any atom is -0.497 e. The standard InChI is InChI=1S/C19H18N2O2S/c1-12-4-7-15(10-13(12)2)21-18(22)17(20-19(21)24)11-14-5-8-16(23-3)9-6-14/h4-11H,1-3H3,(H,20,24)/b17-11-. The molecule has 0 radical (unpaired) electrons. The van der Waals surface area contributed by atoms with Crippen molar-refractivity contribution in [2.24, 2.45) is 0 Å². The maximum atomic E-state index is 12.7. The van der Waals surface area contributed by atoms with Crippen LogP contribution in [-0.2, 0) is 4.79 Å². The lowest BCUT2D eigenvalue weighted by Crippen LogP contribution is -2.30. The first-order valence-corrected chi connectivity index (χ1v) is 7.99. The Labute approximate surface area is 146 Å². The SMILES string of the molecule is COc1ccc(/C=C2\NC(=S)N(c3ccc(C)c(C)c3)C2=O)cc1. The smallest absolute Gasteiger partial charge is 0.281 e. The molecule has 1 saturated heterocycles. The number of methoxy groups -OCH3 is 1. The second-order valence-electron chi connectivity index (χ2n) is 5.67. The lowest BCUT2D eigenvalue weighted by molar-refractivity contribution is -0.113. The van der Waals surface area contributed by atoms with E-state index in [0.29, 0.717) is 10.8 Å². The van der Waals surface area contributed by atoms with Crippen molar-refractivity contribution >= 4 is 35.0 Å². The predicted octanol–water partition coefficient (Wildman–Crippen LogP) is 3.57. The van der Waals surface area contributed by atoms with E-state index in [1.165, 1.54) is 10.5 Å². The van der Waals surface area contributed by atoms with Crippen LogP contribution in [0, 0.1) is 13.8 Å². The highest BCUT2D eigenvalue weighted by atomic mass is 32.1. The number of hydrogen-bond acceptors (Lipinski definition) is 3. The highest BCUT2D eigenvalue weighted by Crippen LogP contribution is 2.25. The second-order valence-corrected chi connectivity index (χ2v) is 6.06. The number of nitrogens with one attached hydrogen (secondary N) is 1. The highest BCUT2D eigenvalue weighted by Gasteiger charge is 2.32. The maximum absolute atomic E-state index is 12.7. The molecule has 2 aromatic rings. The summed E-state index contributed by atoms with van der Waals surface area (Å²) in [7, 11) is 1.62. The summed E-state index contributed by atoms with van der Waals surface area (Å²) < 4.78 is 5.14. The van der Waals surface area contributed by atoms with E-state index < -0.39 is 0 Å². The number of nitrogens with zero attached hydrogens (tertiary/aromatic N) is 1. The highest BCUT2D eigenvalue weighted by molar-refractivity contribution is 7.80. The van der Waals surface area contributed by atoms with E-state index in [1.54, 1.807) is 13.2 Å². The van der Waals surface area contributed by atoms with E-state index in [2.05, 4.69) is 5.32 Å². The number of rotatable bonds is 3. The first-order chi connectivity index (χ1) is 11.5. The average Bonchev–Trinajstić information content (AvgIpc) is 2.85. The Bertz CT molecular complexity index is 841. The summed E-state index contributed by atoms with van der Waals surface area (Å²) in [4.78, 5) is 14.2. The molecule has 0 aromatic heterocycles. The van der Waals surface area contributed by atoms with Gasteiger partial charge in [0.25, 0.3) is 5.91 Å². The van der Waals surface area contributed by atoms with Crippen molar-refractivity contribution in [1.29, 1.82) is 0 Å². The molecule has 4 nitrogen and oxygen atoms in total. The third-order valence-electron chi connectivity index (χ3n) is 4.05. The Balaban J connectivity index is 1.90. The van der Waals surface area contributed by atoms with Crippen molar-refractivity contribution < 1.29 is 9.53 Å². The molecule has 1 heterocycles. The summed E-state index contributed by atoms with van der Waals surface area (Å²) in [5.74, 6) is 0.620. The van der Waals surface area contributed by atoms with Crippen LogP contribution < -0.4 is 15.0 Å². The van der Waals surface area contributed by atoms with Gasteiger partial charge in [0, 0.05) is 0 Å². The molecule has 1 aliphatic rings. The van der Waals surface area contributed by atoms with Crippen LogP contribution in [0.25, 0.3) is 6.08 Å². The number of carbonyl (C=O) groups excluding carboxylic acids is 1. The van der Waals surface area contributed by atoms with Gasteiger partial charge in [-0.15, -0.1) is 0 Å². The normalized spacial score (nSPS) is 15.8. The van der Waals surface area contributed by atoms with Crippen LogP contribution in [0.1, 0.15) is 16.7 Å². The summed E-state index contributed by atoms with van der Waals surface area (Å²) in [5.41, 5.74) is 4.44. The third-order valence-corrected chi connectivity index (χ3v) is 4.34. The van der Waals surface area contributed by atoms with Crippen molar-refractivity contribution in [1.82, 2.24) is 5.32 Å². The molecule has 0 aliphatic carbocycles. The first-order valence-electron chi connectivity index (χ1n) is 7.58. The van der Waals surface area contributed by atoms with E-state index in [1.807, 2.05) is 56.3 Å². The monoisotopic (exact) mass is 338 g/mol. The van der Waals surface area contributed by atoms with Crippen molar-refractivity contribution in [3.8, 4) is 5.75 Å². The molecule has 2 aromatic carbocycles. The minimum atomic E-state index is -0.154. The van der Waals surface area contributed by atoms with Gasteiger partial charge in [0.15, 0.2) is 5.11 Å². The largest absolute Gasteiger partial charge is 0.497 e. The number of ether oxygens (including phenoxy) is 1. The fourth-order valence-electron chi connectivity index (χ4n) is 2.50. The summed E-state index contributed by atoms with van der Waals surface area (Å²) >= 11 is 5.34. The van der Waals surface area contributed by atoms with Crippen LogP contribution in [0.2, 0.25) is 0 Å². The van der Waals surface area contributed by atoms with E-state index in [0.717, 1.165) is 22.6 Å². The Morgan fingerprint density at radius 2 is 1.79 bits per heavy atom. The Morgan fingerprint density at radius 1 is 1.08 bits per heavy atom. The minimum absolute atomic E-state index is 0.154. The summed E-state index contributed by atoms with van der Waals surface area (Å²) in [6.07, 6.45) is 1.79. The quantitative estimate of drug-likeness (QED) is 0.686. The zero-order valence-corrected chi connectivity index (χ0v) is 14.6. The molecule has 1 N–H and O–H groups in total. The van der Waals surface area contributed by atoms with E-state index in [9.17, 15) is 4.79 Å². The van der Waals surface area contributed by atoms with Crippen LogP contribution in [0.15, 0.2) is 48.2 Å². The molecule has 1 amide bonds. The van der Waals surface area contributed by atoms with Gasteiger partial charge in [0.05, 0.1) is 12.8 Å². The molecular formula is C19H18N2O2S. The number of carbonyl (C=O) groups is 1. The summed E-state index contributed by atoms with van der Waals surface area (Å²) in [6, 6.07) is 13.4. The number of amides is 1. The molecule has 0 saturated carbocycles. The first kappa shape index (κ1) is 16.2. The lowest BCUT2D eigenvalue weighted by atomic mass is 10.1. The van der Waals surface area contributed by atoms with Gasteiger partial charge in [-0.05, 0) is 73.1 Å². The van der Waals surface area contributed by atoms with E-state index >= 15 is 0 Å². The number of hydrogen-bond donors (Lipinski definition) is 1. The maximum Gasteiger partial charge on any atom is 0.281 e. The fourth-order valence-corrected chi connectivity index (χ4v) is 2.80. The van der Waals surface area contributed by atoms with Crippen LogP contribution in [-0.4, -0.2) is 18.1 Å². The fraction of sp³-hybridized carbons (Fsp3) is 0.158. The molecule has 5 heteroatoms. The number of benzene rings is 2. The lowest BCUT2D eigenvalue weighted by Gasteiger charge is -2.15. The molecule has 1 aliphatic heterocycles. The Morgan fingerprint density at radius 3 is 2.42 bits per heavy atom. The van der Waals surface area contributed by atoms with Crippen molar-refractivity contribution in [3.05, 3.63) is 64.9 Å². The number of aryl methyl sites for hydroxylation is 2. The van der Waals surface area contributed by atoms with E-state index in [4.69, 9.17) is 17.0 Å². The molecule has 122 valence electrons. The van der Waals surface area contributed by atoms with Gasteiger partial charge in [0.2, 0.25) is 0 Å². The van der Waals surface area contributed by atoms with Gasteiger partial charge in [-0.3, -0.25) is 9.69 Å². The average molecular weight is 338 g/mol. The molecule has 1 fully saturated rings.